The van der Waals surface area contributed by atoms with Gasteiger partial charge in [0.25, 0.3) is 0 Å². The van der Waals surface area contributed by atoms with Crippen LogP contribution in [0.15, 0.2) is 67.0 Å². The summed E-state index contributed by atoms with van der Waals surface area (Å²) in [4.78, 5) is 11.6. The molecule has 0 unspecified atom stereocenters. The summed E-state index contributed by atoms with van der Waals surface area (Å²) in [5.41, 5.74) is 5.51. The van der Waals surface area contributed by atoms with Crippen LogP contribution in [0.25, 0.3) is 0 Å². The van der Waals surface area contributed by atoms with Gasteiger partial charge in [0.15, 0.2) is 0 Å². The van der Waals surface area contributed by atoms with Gasteiger partial charge in [0.2, 0.25) is 0 Å². The lowest BCUT2D eigenvalue weighted by atomic mass is 9.76. The van der Waals surface area contributed by atoms with Crippen LogP contribution in [0.3, 0.4) is 0 Å². The summed E-state index contributed by atoms with van der Waals surface area (Å²) in [6, 6.07) is 22.2. The van der Waals surface area contributed by atoms with Crippen molar-refractivity contribution in [2.45, 2.75) is 44.4 Å². The van der Waals surface area contributed by atoms with Gasteiger partial charge in [0.05, 0.1) is 0 Å². The minimum absolute atomic E-state index is 0.491. The number of hydrogen-bond acceptors (Lipinski definition) is 4. The van der Waals surface area contributed by atoms with Gasteiger partial charge in [-0.1, -0.05) is 60.7 Å². The molecule has 4 heteroatoms. The predicted molar refractivity (Wildman–Crippen MR) is 131 cm³/mol. The molecule has 0 bridgehead atoms. The number of nitrogens with one attached hydrogen (secondary N) is 1. The summed E-state index contributed by atoms with van der Waals surface area (Å²) in [7, 11) is 0. The number of anilines is 1. The molecule has 1 aromatic heterocycles. The molecule has 0 radical (unpaired) electrons. The van der Waals surface area contributed by atoms with Crippen molar-refractivity contribution in [1.29, 1.82) is 0 Å². The van der Waals surface area contributed by atoms with Crippen molar-refractivity contribution >= 4 is 5.82 Å². The van der Waals surface area contributed by atoms with Crippen LogP contribution < -0.4 is 5.32 Å². The fraction of sp³-hybridized carbons (Fsp3) is 0.429. The van der Waals surface area contributed by atoms with Gasteiger partial charge in [-0.15, -0.1) is 0 Å². The Labute approximate surface area is 192 Å². The molecule has 1 saturated heterocycles. The van der Waals surface area contributed by atoms with Crippen LogP contribution in [-0.4, -0.2) is 41.0 Å². The average Bonchev–Trinajstić information content (AvgIpc) is 2.87. The van der Waals surface area contributed by atoms with Crippen molar-refractivity contribution in [3.63, 3.8) is 0 Å². The van der Waals surface area contributed by atoms with E-state index < -0.39 is 0 Å². The van der Waals surface area contributed by atoms with Crippen molar-refractivity contribution in [2.24, 2.45) is 5.92 Å². The van der Waals surface area contributed by atoms with Crippen LogP contribution in [-0.2, 0) is 12.8 Å². The van der Waals surface area contributed by atoms with E-state index in [4.69, 9.17) is 0 Å². The fourth-order valence-electron chi connectivity index (χ4n) is 5.57. The Hall–Kier alpha value is -2.72. The molecule has 0 saturated carbocycles. The summed E-state index contributed by atoms with van der Waals surface area (Å²) in [6.45, 7) is 4.37. The summed E-state index contributed by atoms with van der Waals surface area (Å²) >= 11 is 0. The Balaban J connectivity index is 1.18. The van der Waals surface area contributed by atoms with E-state index in [1.54, 1.807) is 6.33 Å². The molecule has 5 rings (SSSR count). The van der Waals surface area contributed by atoms with E-state index in [1.165, 1.54) is 61.2 Å². The molecule has 1 fully saturated rings. The van der Waals surface area contributed by atoms with Gasteiger partial charge < -0.3 is 10.2 Å². The minimum atomic E-state index is 0.491. The van der Waals surface area contributed by atoms with E-state index in [-0.39, 0.29) is 0 Å². The maximum Gasteiger partial charge on any atom is 0.132 e. The molecule has 0 atom stereocenters. The number of benzene rings is 2. The molecule has 1 aliphatic carbocycles. The van der Waals surface area contributed by atoms with Gasteiger partial charge >= 0.3 is 0 Å². The molecule has 166 valence electrons. The topological polar surface area (TPSA) is 41.0 Å². The van der Waals surface area contributed by atoms with Crippen molar-refractivity contribution in [3.8, 4) is 0 Å². The third-order valence-corrected chi connectivity index (χ3v) is 7.27. The smallest absolute Gasteiger partial charge is 0.132 e. The van der Waals surface area contributed by atoms with Crippen molar-refractivity contribution in [2.75, 3.05) is 31.5 Å². The van der Waals surface area contributed by atoms with E-state index in [9.17, 15) is 0 Å². The lowest BCUT2D eigenvalue weighted by Crippen LogP contribution is -2.38. The summed E-state index contributed by atoms with van der Waals surface area (Å²) < 4.78 is 0. The van der Waals surface area contributed by atoms with Crippen LogP contribution in [0.2, 0.25) is 0 Å². The highest BCUT2D eigenvalue weighted by Crippen LogP contribution is 2.37. The molecule has 1 aliphatic heterocycles. The van der Waals surface area contributed by atoms with Crippen LogP contribution in [0, 0.1) is 5.92 Å². The fourth-order valence-corrected chi connectivity index (χ4v) is 5.57. The predicted octanol–water partition coefficient (Wildman–Crippen LogP) is 5.31. The molecule has 1 N–H and O–H groups in total. The van der Waals surface area contributed by atoms with E-state index in [2.05, 4.69) is 80.8 Å². The molecule has 32 heavy (non-hydrogen) atoms. The summed E-state index contributed by atoms with van der Waals surface area (Å²) in [5.74, 6) is 2.25. The first-order valence-electron chi connectivity index (χ1n) is 12.3. The first kappa shape index (κ1) is 21.1. The number of piperidine rings is 1. The van der Waals surface area contributed by atoms with Crippen LogP contribution >= 0.6 is 0 Å². The number of hydrogen-bond donors (Lipinski definition) is 1. The molecule has 2 heterocycles. The molecule has 0 amide bonds. The minimum Gasteiger partial charge on any atom is -0.368 e. The average molecular weight is 427 g/mol. The molecular weight excluding hydrogens is 392 g/mol. The Morgan fingerprint density at radius 2 is 1.50 bits per heavy atom. The SMILES string of the molecule is c1ccc(C(c2ccccc2)C2CCN(CCNc3ncnc4c3CCCC4)CC2)cc1. The first-order valence-corrected chi connectivity index (χ1v) is 12.3. The van der Waals surface area contributed by atoms with Gasteiger partial charge in [-0.2, -0.15) is 0 Å². The normalized spacial score (nSPS) is 17.3. The van der Waals surface area contributed by atoms with Crippen LogP contribution in [0.5, 0.6) is 0 Å². The molecule has 3 aromatic rings. The maximum atomic E-state index is 4.54. The van der Waals surface area contributed by atoms with Crippen LogP contribution in [0.4, 0.5) is 5.82 Å². The molecule has 2 aromatic carbocycles. The van der Waals surface area contributed by atoms with Gasteiger partial charge in [-0.25, -0.2) is 9.97 Å². The number of aromatic nitrogens is 2. The van der Waals surface area contributed by atoms with Gasteiger partial charge in [0.1, 0.15) is 12.1 Å². The quantitative estimate of drug-likeness (QED) is 0.556. The van der Waals surface area contributed by atoms with Crippen molar-refractivity contribution in [3.05, 3.63) is 89.4 Å². The zero-order chi connectivity index (χ0) is 21.6. The van der Waals surface area contributed by atoms with E-state index >= 15 is 0 Å². The zero-order valence-corrected chi connectivity index (χ0v) is 18.9. The monoisotopic (exact) mass is 426 g/mol. The largest absolute Gasteiger partial charge is 0.368 e. The van der Waals surface area contributed by atoms with E-state index in [0.717, 1.165) is 31.7 Å². The third-order valence-electron chi connectivity index (χ3n) is 7.27. The Kier molecular flexibility index (Phi) is 6.78. The highest BCUT2D eigenvalue weighted by Gasteiger charge is 2.28. The standard InChI is InChI=1S/C28H34N4/c1-3-9-22(10-4-1)27(23-11-5-2-6-12-23)24-15-18-32(19-16-24)20-17-29-28-25-13-7-8-14-26(25)30-21-31-28/h1-6,9-12,21,24,27H,7-8,13-20H2,(H,29,30,31). The summed E-state index contributed by atoms with van der Waals surface area (Å²) in [6.07, 6.45) is 8.95. The Morgan fingerprint density at radius 3 is 2.19 bits per heavy atom. The highest BCUT2D eigenvalue weighted by molar-refractivity contribution is 5.47. The summed E-state index contributed by atoms with van der Waals surface area (Å²) in [5, 5.41) is 3.61. The third kappa shape index (κ3) is 4.86. The zero-order valence-electron chi connectivity index (χ0n) is 18.9. The number of aryl methyl sites for hydroxylation is 1. The van der Waals surface area contributed by atoms with Gasteiger partial charge in [-0.3, -0.25) is 0 Å². The van der Waals surface area contributed by atoms with E-state index in [0.29, 0.717) is 11.8 Å². The molecular formula is C28H34N4. The van der Waals surface area contributed by atoms with Gasteiger partial charge in [-0.05, 0) is 68.7 Å². The Morgan fingerprint density at radius 1 is 0.844 bits per heavy atom. The first-order chi connectivity index (χ1) is 15.9. The number of nitrogens with zero attached hydrogens (tertiary/aromatic N) is 3. The van der Waals surface area contributed by atoms with Crippen molar-refractivity contribution in [1.82, 2.24) is 14.9 Å². The molecule has 2 aliphatic rings. The number of rotatable bonds is 7. The van der Waals surface area contributed by atoms with Crippen LogP contribution in [0.1, 0.15) is 54.0 Å². The van der Waals surface area contributed by atoms with E-state index in [1.807, 2.05) is 0 Å². The highest BCUT2D eigenvalue weighted by atomic mass is 15.2. The second-order valence-electron chi connectivity index (χ2n) is 9.26. The second-order valence-corrected chi connectivity index (χ2v) is 9.26. The Bertz CT molecular complexity index is 941. The van der Waals surface area contributed by atoms with Gasteiger partial charge in [0, 0.05) is 30.3 Å². The second kappa shape index (κ2) is 10.3. The lowest BCUT2D eigenvalue weighted by Gasteiger charge is -2.36. The maximum absolute atomic E-state index is 4.54. The molecule has 4 nitrogen and oxygen atoms in total. The number of likely N-dealkylation sites (tertiary alicyclic amines) is 1. The number of fused-ring (bicyclic) bond motifs is 1. The molecule has 0 spiro atoms. The van der Waals surface area contributed by atoms with Crippen molar-refractivity contribution < 1.29 is 0 Å². The lowest BCUT2D eigenvalue weighted by molar-refractivity contribution is 0.180.